The zero-order valence-electron chi connectivity index (χ0n) is 13.0. The molecule has 124 valence electrons. The standard InChI is InChI=1S/C15H24N2O5/c1-2-3-10-22-15(21)17-9-4-6-11(17)13(18)16-8-5-7-12(16)14(19)20/h11-12H,2-10H2,1H3,(H,19,20)/t11-,12-/m0/s1. The van der Waals surface area contributed by atoms with Crippen molar-refractivity contribution in [3.63, 3.8) is 0 Å². The van der Waals surface area contributed by atoms with Crippen molar-refractivity contribution in [1.82, 2.24) is 9.80 Å². The van der Waals surface area contributed by atoms with Crippen molar-refractivity contribution in [2.75, 3.05) is 19.7 Å². The van der Waals surface area contributed by atoms with E-state index in [0.29, 0.717) is 39.0 Å². The number of amides is 2. The van der Waals surface area contributed by atoms with Crippen LogP contribution in [0.25, 0.3) is 0 Å². The van der Waals surface area contributed by atoms with E-state index in [2.05, 4.69) is 0 Å². The van der Waals surface area contributed by atoms with Gasteiger partial charge in [0.2, 0.25) is 5.91 Å². The first-order chi connectivity index (χ1) is 10.6. The third-order valence-corrected chi connectivity index (χ3v) is 4.32. The van der Waals surface area contributed by atoms with Crippen molar-refractivity contribution < 1.29 is 24.2 Å². The second-order valence-corrected chi connectivity index (χ2v) is 5.85. The zero-order chi connectivity index (χ0) is 16.1. The van der Waals surface area contributed by atoms with Gasteiger partial charge in [0, 0.05) is 13.1 Å². The topological polar surface area (TPSA) is 87.2 Å². The summed E-state index contributed by atoms with van der Waals surface area (Å²) < 4.78 is 5.18. The summed E-state index contributed by atoms with van der Waals surface area (Å²) in [7, 11) is 0. The Labute approximate surface area is 130 Å². The van der Waals surface area contributed by atoms with Crippen molar-refractivity contribution in [2.24, 2.45) is 0 Å². The molecule has 7 nitrogen and oxygen atoms in total. The molecule has 0 bridgehead atoms. The van der Waals surface area contributed by atoms with E-state index < -0.39 is 24.1 Å². The molecule has 0 radical (unpaired) electrons. The van der Waals surface area contributed by atoms with Crippen LogP contribution in [0.3, 0.4) is 0 Å². The fraction of sp³-hybridized carbons (Fsp3) is 0.800. The predicted molar refractivity (Wildman–Crippen MR) is 78.4 cm³/mol. The Kier molecular flexibility index (Phi) is 5.63. The van der Waals surface area contributed by atoms with Crippen LogP contribution in [0.1, 0.15) is 45.4 Å². The molecule has 2 rings (SSSR count). The lowest BCUT2D eigenvalue weighted by Gasteiger charge is -2.29. The van der Waals surface area contributed by atoms with Gasteiger partial charge in [-0.05, 0) is 32.1 Å². The molecule has 0 aromatic rings. The number of unbranched alkanes of at least 4 members (excludes halogenated alkanes) is 1. The highest BCUT2D eigenvalue weighted by Crippen LogP contribution is 2.25. The van der Waals surface area contributed by atoms with E-state index in [0.717, 1.165) is 19.3 Å². The Bertz CT molecular complexity index is 440. The van der Waals surface area contributed by atoms with Crippen LogP contribution in [0.15, 0.2) is 0 Å². The molecule has 1 N–H and O–H groups in total. The number of ether oxygens (including phenoxy) is 1. The molecule has 0 aromatic heterocycles. The van der Waals surface area contributed by atoms with Crippen LogP contribution < -0.4 is 0 Å². The van der Waals surface area contributed by atoms with Gasteiger partial charge >= 0.3 is 12.1 Å². The molecule has 2 heterocycles. The van der Waals surface area contributed by atoms with Gasteiger partial charge in [0.1, 0.15) is 12.1 Å². The van der Waals surface area contributed by atoms with Crippen molar-refractivity contribution in [3.8, 4) is 0 Å². The summed E-state index contributed by atoms with van der Waals surface area (Å²) in [5.74, 6) is -1.23. The summed E-state index contributed by atoms with van der Waals surface area (Å²) in [6.45, 7) is 3.31. The maximum absolute atomic E-state index is 12.6. The fourth-order valence-corrected chi connectivity index (χ4v) is 3.11. The average molecular weight is 312 g/mol. The molecule has 0 saturated carbocycles. The molecule has 0 aliphatic carbocycles. The molecule has 2 aliphatic heterocycles. The molecule has 2 atom stereocenters. The minimum Gasteiger partial charge on any atom is -0.480 e. The SMILES string of the molecule is CCCCOC(=O)N1CCC[C@H]1C(=O)N1CCC[C@H]1C(=O)O. The van der Waals surface area contributed by atoms with Crippen molar-refractivity contribution in [2.45, 2.75) is 57.5 Å². The summed E-state index contributed by atoms with van der Waals surface area (Å²) >= 11 is 0. The quantitative estimate of drug-likeness (QED) is 0.777. The summed E-state index contributed by atoms with van der Waals surface area (Å²) in [6.07, 6.45) is 3.76. The van der Waals surface area contributed by atoms with E-state index in [4.69, 9.17) is 4.74 Å². The Balaban J connectivity index is 1.98. The van der Waals surface area contributed by atoms with Gasteiger partial charge in [0.15, 0.2) is 0 Å². The van der Waals surface area contributed by atoms with E-state index in [9.17, 15) is 19.5 Å². The number of carbonyl (C=O) groups is 3. The van der Waals surface area contributed by atoms with E-state index in [-0.39, 0.29) is 5.91 Å². The summed E-state index contributed by atoms with van der Waals surface area (Å²) in [5, 5.41) is 9.19. The van der Waals surface area contributed by atoms with Gasteiger partial charge in [-0.15, -0.1) is 0 Å². The normalized spacial score (nSPS) is 24.6. The number of hydrogen-bond acceptors (Lipinski definition) is 4. The lowest BCUT2D eigenvalue weighted by Crippen LogP contribution is -2.51. The maximum Gasteiger partial charge on any atom is 0.410 e. The first kappa shape index (κ1) is 16.6. The van der Waals surface area contributed by atoms with Crippen LogP contribution in [0.2, 0.25) is 0 Å². The molecular formula is C15H24N2O5. The minimum atomic E-state index is -0.971. The van der Waals surface area contributed by atoms with Gasteiger partial charge in [-0.25, -0.2) is 9.59 Å². The minimum absolute atomic E-state index is 0.255. The van der Waals surface area contributed by atoms with Crippen molar-refractivity contribution in [1.29, 1.82) is 0 Å². The van der Waals surface area contributed by atoms with Crippen LogP contribution >= 0.6 is 0 Å². The number of carbonyl (C=O) groups excluding carboxylic acids is 2. The Morgan fingerprint density at radius 2 is 1.73 bits per heavy atom. The maximum atomic E-state index is 12.6. The monoisotopic (exact) mass is 312 g/mol. The predicted octanol–water partition coefficient (Wildman–Crippen LogP) is 1.46. The van der Waals surface area contributed by atoms with Gasteiger partial charge in [0.05, 0.1) is 6.61 Å². The molecular weight excluding hydrogens is 288 g/mol. The molecule has 2 amide bonds. The summed E-state index contributed by atoms with van der Waals surface area (Å²) in [5.41, 5.74) is 0. The van der Waals surface area contributed by atoms with Crippen LogP contribution in [0.5, 0.6) is 0 Å². The average Bonchev–Trinajstić information content (AvgIpc) is 3.15. The van der Waals surface area contributed by atoms with E-state index in [1.807, 2.05) is 6.92 Å². The number of aliphatic carboxylic acids is 1. The number of hydrogen-bond donors (Lipinski definition) is 1. The Morgan fingerprint density at radius 1 is 1.09 bits per heavy atom. The second kappa shape index (κ2) is 7.47. The lowest BCUT2D eigenvalue weighted by atomic mass is 10.1. The van der Waals surface area contributed by atoms with Crippen molar-refractivity contribution in [3.05, 3.63) is 0 Å². The Morgan fingerprint density at radius 3 is 2.36 bits per heavy atom. The van der Waals surface area contributed by atoms with E-state index in [1.54, 1.807) is 0 Å². The smallest absolute Gasteiger partial charge is 0.410 e. The number of carboxylic acids is 1. The molecule has 0 aromatic carbocycles. The summed E-state index contributed by atoms with van der Waals surface area (Å²) in [6, 6.07) is -1.33. The number of nitrogens with zero attached hydrogens (tertiary/aromatic N) is 2. The third-order valence-electron chi connectivity index (χ3n) is 4.32. The highest BCUT2D eigenvalue weighted by atomic mass is 16.6. The Hall–Kier alpha value is -1.79. The van der Waals surface area contributed by atoms with E-state index in [1.165, 1.54) is 9.80 Å². The first-order valence-electron chi connectivity index (χ1n) is 8.03. The summed E-state index contributed by atoms with van der Waals surface area (Å²) in [4.78, 5) is 38.8. The first-order valence-corrected chi connectivity index (χ1v) is 8.03. The molecule has 2 saturated heterocycles. The van der Waals surface area contributed by atoms with Gasteiger partial charge in [-0.3, -0.25) is 9.69 Å². The molecule has 22 heavy (non-hydrogen) atoms. The van der Waals surface area contributed by atoms with Crippen LogP contribution in [-0.2, 0) is 14.3 Å². The highest BCUT2D eigenvalue weighted by Gasteiger charge is 2.42. The molecule has 2 aliphatic rings. The number of rotatable bonds is 5. The van der Waals surface area contributed by atoms with Crippen molar-refractivity contribution >= 4 is 18.0 Å². The van der Waals surface area contributed by atoms with Crippen LogP contribution in [0, 0.1) is 0 Å². The second-order valence-electron chi connectivity index (χ2n) is 5.85. The number of carboxylic acid groups (broad SMARTS) is 1. The van der Waals surface area contributed by atoms with Crippen LogP contribution in [0.4, 0.5) is 4.79 Å². The molecule has 0 unspecified atom stereocenters. The largest absolute Gasteiger partial charge is 0.480 e. The fourth-order valence-electron chi connectivity index (χ4n) is 3.11. The molecule has 7 heteroatoms. The lowest BCUT2D eigenvalue weighted by molar-refractivity contribution is -0.149. The van der Waals surface area contributed by atoms with Gasteiger partial charge in [0.25, 0.3) is 0 Å². The number of likely N-dealkylation sites (tertiary alicyclic amines) is 2. The van der Waals surface area contributed by atoms with Gasteiger partial charge in [-0.1, -0.05) is 13.3 Å². The van der Waals surface area contributed by atoms with E-state index >= 15 is 0 Å². The van der Waals surface area contributed by atoms with Crippen LogP contribution in [-0.4, -0.2) is 64.7 Å². The van der Waals surface area contributed by atoms with Gasteiger partial charge < -0.3 is 14.7 Å². The zero-order valence-corrected chi connectivity index (χ0v) is 13.0. The molecule has 2 fully saturated rings. The third kappa shape index (κ3) is 3.51. The molecule has 0 spiro atoms. The highest BCUT2D eigenvalue weighted by molar-refractivity contribution is 5.90. The van der Waals surface area contributed by atoms with Gasteiger partial charge in [-0.2, -0.15) is 0 Å².